The monoisotopic (exact) mass is 362 g/mol. The molecule has 130 valence electrons. The second-order valence-electron chi connectivity index (χ2n) is 6.14. The van der Waals surface area contributed by atoms with E-state index in [2.05, 4.69) is 0 Å². The van der Waals surface area contributed by atoms with Gasteiger partial charge in [-0.25, -0.2) is 0 Å². The number of hydrogen-bond acceptors (Lipinski definition) is 3. The predicted octanol–water partition coefficient (Wildman–Crippen LogP) is 4.41. The highest BCUT2D eigenvalue weighted by atomic mass is 32.2. The molecule has 0 amide bonds. The van der Waals surface area contributed by atoms with Crippen molar-refractivity contribution in [2.75, 3.05) is 0 Å². The van der Waals surface area contributed by atoms with Crippen LogP contribution in [0.15, 0.2) is 88.7 Å². The highest BCUT2D eigenvalue weighted by Crippen LogP contribution is 2.50. The Kier molecular flexibility index (Phi) is 4.31. The van der Waals surface area contributed by atoms with Crippen LogP contribution in [-0.2, 0) is 26.3 Å². The number of rotatable bonds is 3. The molecule has 26 heavy (non-hydrogen) atoms. The van der Waals surface area contributed by atoms with E-state index >= 15 is 0 Å². The van der Waals surface area contributed by atoms with E-state index in [1.54, 1.807) is 6.92 Å². The van der Waals surface area contributed by atoms with Gasteiger partial charge < -0.3 is 9.29 Å². The summed E-state index contributed by atoms with van der Waals surface area (Å²) >= 11 is -1.32. The number of benzene rings is 3. The Morgan fingerprint density at radius 1 is 0.885 bits per heavy atom. The molecular formula is C22H18O3S. The second-order valence-corrected chi connectivity index (χ2v) is 7.55. The molecular weight excluding hydrogens is 344 g/mol. The van der Waals surface area contributed by atoms with Crippen LogP contribution in [-0.4, -0.2) is 10.5 Å². The summed E-state index contributed by atoms with van der Waals surface area (Å²) in [5.74, 6) is -0.300. The van der Waals surface area contributed by atoms with Crippen LogP contribution in [0.2, 0.25) is 0 Å². The fourth-order valence-corrected chi connectivity index (χ4v) is 4.96. The standard InChI is InChI=1S/C22H18O3S/c1-2-21(23)25-22(16-10-4-3-5-11-16)17-12-6-8-14-19(17)26(24)20-15-9-7-13-18(20)22/h3-15H,2H2,1H3. The summed E-state index contributed by atoms with van der Waals surface area (Å²) in [6.07, 6.45) is 0.266. The van der Waals surface area contributed by atoms with Gasteiger partial charge in [0.15, 0.2) is 15.4 Å². The van der Waals surface area contributed by atoms with Crippen molar-refractivity contribution in [3.05, 3.63) is 95.6 Å². The van der Waals surface area contributed by atoms with Crippen LogP contribution in [0.4, 0.5) is 0 Å². The van der Waals surface area contributed by atoms with E-state index in [1.807, 2.05) is 78.9 Å². The molecule has 0 saturated carbocycles. The number of ether oxygens (including phenoxy) is 1. The van der Waals surface area contributed by atoms with Crippen molar-refractivity contribution in [1.29, 1.82) is 0 Å². The maximum atomic E-state index is 13.2. The number of fused-ring (bicyclic) bond motifs is 2. The summed E-state index contributed by atoms with van der Waals surface area (Å²) in [6, 6.07) is 24.7. The van der Waals surface area contributed by atoms with Crippen LogP contribution in [0.3, 0.4) is 0 Å². The topological polar surface area (TPSA) is 49.4 Å². The molecule has 0 atom stereocenters. The van der Waals surface area contributed by atoms with Crippen LogP contribution in [0.25, 0.3) is 0 Å². The van der Waals surface area contributed by atoms with Crippen molar-refractivity contribution in [3.8, 4) is 0 Å². The first-order chi connectivity index (χ1) is 12.7. The Bertz CT molecular complexity index is 905. The third-order valence-electron chi connectivity index (χ3n) is 4.67. The summed E-state index contributed by atoms with van der Waals surface area (Å²) in [6.45, 7) is 1.78. The first kappa shape index (κ1) is 16.9. The van der Waals surface area contributed by atoms with E-state index < -0.39 is 16.8 Å². The molecule has 0 unspecified atom stereocenters. The second kappa shape index (κ2) is 6.63. The Morgan fingerprint density at radius 3 is 1.92 bits per heavy atom. The number of carbonyl (C=O) groups excluding carboxylic acids is 1. The number of carbonyl (C=O) groups is 1. The average molecular weight is 362 g/mol. The van der Waals surface area contributed by atoms with Gasteiger partial charge in [0.1, 0.15) is 0 Å². The van der Waals surface area contributed by atoms with E-state index in [0.29, 0.717) is 9.79 Å². The highest BCUT2D eigenvalue weighted by Gasteiger charge is 2.50. The summed E-state index contributed by atoms with van der Waals surface area (Å²) in [4.78, 5) is 13.8. The minimum absolute atomic E-state index is 0.266. The van der Waals surface area contributed by atoms with Gasteiger partial charge in [0.2, 0.25) is 0 Å². The Morgan fingerprint density at radius 2 is 1.38 bits per heavy atom. The van der Waals surface area contributed by atoms with Gasteiger partial charge in [-0.3, -0.25) is 4.79 Å². The molecule has 0 N–H and O–H groups in total. The SMILES string of the molecule is CCC(=O)OC1(c2ccccc2)c2ccccc2[S+]([O-])c2ccccc21. The molecule has 4 rings (SSSR count). The fraction of sp³-hybridized carbons (Fsp3) is 0.136. The van der Waals surface area contributed by atoms with Crippen LogP contribution in [0, 0.1) is 0 Å². The van der Waals surface area contributed by atoms with Crippen molar-refractivity contribution >= 4 is 17.1 Å². The molecule has 1 heterocycles. The minimum atomic E-state index is -1.32. The molecule has 0 bridgehead atoms. The van der Waals surface area contributed by atoms with Crippen molar-refractivity contribution in [2.24, 2.45) is 0 Å². The molecule has 0 fully saturated rings. The molecule has 0 radical (unpaired) electrons. The van der Waals surface area contributed by atoms with Crippen LogP contribution < -0.4 is 0 Å². The zero-order valence-electron chi connectivity index (χ0n) is 14.3. The lowest BCUT2D eigenvalue weighted by atomic mass is 9.79. The normalized spacial score (nSPS) is 20.8. The van der Waals surface area contributed by atoms with Crippen LogP contribution in [0.1, 0.15) is 30.0 Å². The van der Waals surface area contributed by atoms with Gasteiger partial charge in [0, 0.05) is 23.2 Å². The minimum Gasteiger partial charge on any atom is -0.606 e. The maximum Gasteiger partial charge on any atom is 0.307 e. The first-order valence-electron chi connectivity index (χ1n) is 8.56. The molecule has 1 aliphatic rings. The zero-order chi connectivity index (χ0) is 18.1. The number of esters is 1. The third-order valence-corrected chi connectivity index (χ3v) is 6.18. The lowest BCUT2D eigenvalue weighted by Crippen LogP contribution is -2.40. The van der Waals surface area contributed by atoms with Crippen molar-refractivity contribution < 1.29 is 14.1 Å². The molecule has 0 aliphatic carbocycles. The predicted molar refractivity (Wildman–Crippen MR) is 100 cm³/mol. The molecule has 3 aromatic carbocycles. The van der Waals surface area contributed by atoms with Crippen molar-refractivity contribution in [2.45, 2.75) is 28.7 Å². The molecule has 3 aromatic rings. The van der Waals surface area contributed by atoms with E-state index in [9.17, 15) is 9.35 Å². The molecule has 1 aliphatic heterocycles. The first-order valence-corrected chi connectivity index (χ1v) is 9.71. The van der Waals surface area contributed by atoms with Gasteiger partial charge in [-0.2, -0.15) is 0 Å². The molecule has 0 aromatic heterocycles. The van der Waals surface area contributed by atoms with Gasteiger partial charge in [-0.05, 0) is 24.3 Å². The van der Waals surface area contributed by atoms with Crippen molar-refractivity contribution in [1.82, 2.24) is 0 Å². The van der Waals surface area contributed by atoms with Gasteiger partial charge in [-0.15, -0.1) is 0 Å². The smallest absolute Gasteiger partial charge is 0.307 e. The zero-order valence-corrected chi connectivity index (χ0v) is 15.2. The Labute approximate surface area is 155 Å². The van der Waals surface area contributed by atoms with Crippen LogP contribution >= 0.6 is 0 Å². The van der Waals surface area contributed by atoms with Gasteiger partial charge >= 0.3 is 5.97 Å². The fourth-order valence-electron chi connectivity index (χ4n) is 3.50. The van der Waals surface area contributed by atoms with Gasteiger partial charge in [0.25, 0.3) is 0 Å². The third kappa shape index (κ3) is 2.45. The molecule has 3 nitrogen and oxygen atoms in total. The summed E-state index contributed by atoms with van der Waals surface area (Å²) in [7, 11) is 0. The van der Waals surface area contributed by atoms with E-state index in [4.69, 9.17) is 4.74 Å². The van der Waals surface area contributed by atoms with Crippen LogP contribution in [0.5, 0.6) is 0 Å². The Balaban J connectivity index is 2.10. The van der Waals surface area contributed by atoms with Gasteiger partial charge in [0.05, 0.1) is 11.1 Å². The molecule has 0 spiro atoms. The lowest BCUT2D eigenvalue weighted by molar-refractivity contribution is -0.153. The molecule has 0 saturated heterocycles. The van der Waals surface area contributed by atoms with E-state index in [1.165, 1.54) is 0 Å². The highest BCUT2D eigenvalue weighted by molar-refractivity contribution is 7.91. The average Bonchev–Trinajstić information content (AvgIpc) is 2.71. The van der Waals surface area contributed by atoms with Crippen molar-refractivity contribution in [3.63, 3.8) is 0 Å². The van der Waals surface area contributed by atoms with Gasteiger partial charge in [-0.1, -0.05) is 61.5 Å². The summed E-state index contributed by atoms with van der Waals surface area (Å²) in [5.41, 5.74) is 1.25. The largest absolute Gasteiger partial charge is 0.606 e. The number of hydrogen-bond donors (Lipinski definition) is 0. The summed E-state index contributed by atoms with van der Waals surface area (Å²) < 4.78 is 19.3. The maximum absolute atomic E-state index is 13.2. The molecule has 4 heteroatoms. The Hall–Kier alpha value is -2.56. The van der Waals surface area contributed by atoms with E-state index in [-0.39, 0.29) is 12.4 Å². The quantitative estimate of drug-likeness (QED) is 0.512. The van der Waals surface area contributed by atoms with E-state index in [0.717, 1.165) is 16.7 Å². The lowest BCUT2D eigenvalue weighted by Gasteiger charge is -2.39. The summed E-state index contributed by atoms with van der Waals surface area (Å²) in [5, 5.41) is 0.